The molecule has 2 heterocycles. The van der Waals surface area contributed by atoms with E-state index in [1.165, 1.54) is 11.8 Å². The zero-order valence-corrected chi connectivity index (χ0v) is 17.6. The van der Waals surface area contributed by atoms with Crippen LogP contribution in [0.4, 0.5) is 0 Å². The zero-order chi connectivity index (χ0) is 20.6. The van der Waals surface area contributed by atoms with E-state index in [0.717, 1.165) is 0 Å². The van der Waals surface area contributed by atoms with Gasteiger partial charge in [-0.05, 0) is 30.3 Å². The van der Waals surface area contributed by atoms with Crippen molar-refractivity contribution in [3.05, 3.63) is 70.9 Å². The van der Waals surface area contributed by atoms with Gasteiger partial charge in [-0.25, -0.2) is 0 Å². The zero-order valence-electron chi connectivity index (χ0n) is 15.3. The van der Waals surface area contributed by atoms with Gasteiger partial charge in [0.05, 0.1) is 23.6 Å². The van der Waals surface area contributed by atoms with Gasteiger partial charge in [-0.15, -0.1) is 16.8 Å². The van der Waals surface area contributed by atoms with Crippen LogP contribution in [0.2, 0.25) is 10.0 Å². The number of benzene rings is 1. The standard InChI is InChI=1S/C19H18Cl2N4O3S/c1-2-7-25-17(11-28-16-6-5-13(20)9-15(16)21)23-24-19(25)29-12-18(26)22-10-14-4-3-8-27-14/h2-6,8-9H,1,7,10-12H2,(H,22,26). The lowest BCUT2D eigenvalue weighted by Gasteiger charge is -2.10. The van der Waals surface area contributed by atoms with Crippen molar-refractivity contribution in [2.75, 3.05) is 5.75 Å². The van der Waals surface area contributed by atoms with Crippen LogP contribution in [-0.4, -0.2) is 26.4 Å². The first-order chi connectivity index (χ1) is 14.1. The third kappa shape index (κ3) is 6.03. The molecule has 1 N–H and O–H groups in total. The van der Waals surface area contributed by atoms with E-state index in [1.807, 2.05) is 4.57 Å². The molecule has 0 spiro atoms. The number of rotatable bonds is 10. The van der Waals surface area contributed by atoms with E-state index in [1.54, 1.807) is 42.7 Å². The lowest BCUT2D eigenvalue weighted by atomic mass is 10.3. The third-order valence-electron chi connectivity index (χ3n) is 3.73. The summed E-state index contributed by atoms with van der Waals surface area (Å²) >= 11 is 13.3. The van der Waals surface area contributed by atoms with E-state index in [9.17, 15) is 4.79 Å². The minimum atomic E-state index is -0.134. The van der Waals surface area contributed by atoms with E-state index in [2.05, 4.69) is 22.1 Å². The topological polar surface area (TPSA) is 82.2 Å². The number of aromatic nitrogens is 3. The minimum absolute atomic E-state index is 0.134. The smallest absolute Gasteiger partial charge is 0.230 e. The number of thioether (sulfide) groups is 1. The van der Waals surface area contributed by atoms with Crippen molar-refractivity contribution in [3.63, 3.8) is 0 Å². The molecule has 3 aromatic rings. The maximum Gasteiger partial charge on any atom is 0.230 e. The van der Waals surface area contributed by atoms with Gasteiger partial charge < -0.3 is 14.5 Å². The van der Waals surface area contributed by atoms with Crippen molar-refractivity contribution in [1.29, 1.82) is 0 Å². The van der Waals surface area contributed by atoms with E-state index < -0.39 is 0 Å². The maximum absolute atomic E-state index is 12.1. The van der Waals surface area contributed by atoms with Crippen molar-refractivity contribution >= 4 is 40.9 Å². The minimum Gasteiger partial charge on any atom is -0.484 e. The Morgan fingerprint density at radius 3 is 2.93 bits per heavy atom. The number of halogens is 2. The molecule has 0 radical (unpaired) electrons. The Hall–Kier alpha value is -2.42. The maximum atomic E-state index is 12.1. The lowest BCUT2D eigenvalue weighted by Crippen LogP contribution is -2.24. The van der Waals surface area contributed by atoms with Crippen LogP contribution in [0.3, 0.4) is 0 Å². The van der Waals surface area contributed by atoms with Crippen LogP contribution in [0, 0.1) is 0 Å². The second-order valence-corrected chi connectivity index (χ2v) is 7.59. The number of carbonyl (C=O) groups excluding carboxylic acids is 1. The van der Waals surface area contributed by atoms with Crippen molar-refractivity contribution < 1.29 is 13.9 Å². The molecule has 7 nitrogen and oxygen atoms in total. The summed E-state index contributed by atoms with van der Waals surface area (Å²) in [6.45, 7) is 4.74. The average Bonchev–Trinajstić information content (AvgIpc) is 3.35. The highest BCUT2D eigenvalue weighted by atomic mass is 35.5. The van der Waals surface area contributed by atoms with Crippen molar-refractivity contribution in [1.82, 2.24) is 20.1 Å². The summed E-state index contributed by atoms with van der Waals surface area (Å²) in [6.07, 6.45) is 3.29. The van der Waals surface area contributed by atoms with E-state index >= 15 is 0 Å². The number of hydrogen-bond acceptors (Lipinski definition) is 6. The molecule has 3 rings (SSSR count). The Balaban J connectivity index is 1.58. The summed E-state index contributed by atoms with van der Waals surface area (Å²) < 4.78 is 12.8. The quantitative estimate of drug-likeness (QED) is 0.363. The second kappa shape index (κ2) is 10.4. The number of amides is 1. The van der Waals surface area contributed by atoms with E-state index in [0.29, 0.717) is 45.6 Å². The molecule has 10 heteroatoms. The van der Waals surface area contributed by atoms with Gasteiger partial charge >= 0.3 is 0 Å². The van der Waals surface area contributed by atoms with Gasteiger partial charge in [0.1, 0.15) is 18.1 Å². The number of allylic oxidation sites excluding steroid dienone is 1. The number of nitrogens with one attached hydrogen (secondary N) is 1. The number of hydrogen-bond donors (Lipinski definition) is 1. The molecule has 0 aliphatic rings. The Bertz CT molecular complexity index is 976. The summed E-state index contributed by atoms with van der Waals surface area (Å²) in [5, 5.41) is 12.7. The number of nitrogens with zero attached hydrogens (tertiary/aromatic N) is 3. The molecule has 0 saturated carbocycles. The average molecular weight is 453 g/mol. The van der Waals surface area contributed by atoms with E-state index in [-0.39, 0.29) is 18.3 Å². The van der Waals surface area contributed by atoms with Crippen molar-refractivity contribution in [3.8, 4) is 5.75 Å². The number of ether oxygens (including phenoxy) is 1. The molecule has 2 aromatic heterocycles. The van der Waals surface area contributed by atoms with Gasteiger partial charge in [0.2, 0.25) is 5.91 Å². The molecule has 0 aliphatic heterocycles. The molecule has 0 saturated heterocycles. The summed E-state index contributed by atoms with van der Waals surface area (Å²) in [5.74, 6) is 1.84. The fourth-order valence-electron chi connectivity index (χ4n) is 2.36. The first-order valence-corrected chi connectivity index (χ1v) is 10.3. The number of carbonyl (C=O) groups is 1. The van der Waals surface area contributed by atoms with Gasteiger partial charge in [0.25, 0.3) is 0 Å². The van der Waals surface area contributed by atoms with Gasteiger partial charge in [-0.3, -0.25) is 9.36 Å². The molecule has 1 amide bonds. The van der Waals surface area contributed by atoms with Gasteiger partial charge in [-0.2, -0.15) is 0 Å². The monoisotopic (exact) mass is 452 g/mol. The SMILES string of the molecule is C=CCn1c(COc2ccc(Cl)cc2Cl)nnc1SCC(=O)NCc1ccco1. The molecule has 1 aromatic carbocycles. The highest BCUT2D eigenvalue weighted by molar-refractivity contribution is 7.99. The largest absolute Gasteiger partial charge is 0.484 e. The summed E-state index contributed by atoms with van der Waals surface area (Å²) in [5.41, 5.74) is 0. The molecule has 152 valence electrons. The first-order valence-electron chi connectivity index (χ1n) is 8.59. The molecule has 0 fully saturated rings. The van der Waals surface area contributed by atoms with Crippen molar-refractivity contribution in [2.45, 2.75) is 24.9 Å². The van der Waals surface area contributed by atoms with Crippen LogP contribution in [-0.2, 0) is 24.5 Å². The van der Waals surface area contributed by atoms with Crippen LogP contribution in [0.15, 0.2) is 58.8 Å². The third-order valence-corrected chi connectivity index (χ3v) is 5.23. The molecular formula is C19H18Cl2N4O3S. The second-order valence-electron chi connectivity index (χ2n) is 5.81. The molecule has 0 bridgehead atoms. The lowest BCUT2D eigenvalue weighted by molar-refractivity contribution is -0.118. The summed E-state index contributed by atoms with van der Waals surface area (Å²) in [4.78, 5) is 12.1. The number of furan rings is 1. The van der Waals surface area contributed by atoms with Crippen LogP contribution < -0.4 is 10.1 Å². The fraction of sp³-hybridized carbons (Fsp3) is 0.211. The summed E-state index contributed by atoms with van der Waals surface area (Å²) in [6, 6.07) is 8.56. The Morgan fingerprint density at radius 1 is 1.34 bits per heavy atom. The van der Waals surface area contributed by atoms with Crippen LogP contribution in [0.1, 0.15) is 11.6 Å². The van der Waals surface area contributed by atoms with Crippen molar-refractivity contribution in [2.24, 2.45) is 0 Å². The molecule has 0 atom stereocenters. The highest BCUT2D eigenvalue weighted by Gasteiger charge is 2.15. The Kier molecular flexibility index (Phi) is 7.62. The van der Waals surface area contributed by atoms with E-state index in [4.69, 9.17) is 32.4 Å². The van der Waals surface area contributed by atoms with Gasteiger partial charge in [0.15, 0.2) is 11.0 Å². The molecule has 0 unspecified atom stereocenters. The van der Waals surface area contributed by atoms with Crippen LogP contribution >= 0.6 is 35.0 Å². The predicted octanol–water partition coefficient (Wildman–Crippen LogP) is 4.35. The van der Waals surface area contributed by atoms with Gasteiger partial charge in [0, 0.05) is 11.6 Å². The predicted molar refractivity (Wildman–Crippen MR) is 112 cm³/mol. The normalized spacial score (nSPS) is 10.7. The first kappa shape index (κ1) is 21.3. The molecule has 29 heavy (non-hydrogen) atoms. The van der Waals surface area contributed by atoms with Crippen LogP contribution in [0.25, 0.3) is 0 Å². The Labute approximate surface area is 182 Å². The van der Waals surface area contributed by atoms with Gasteiger partial charge in [-0.1, -0.05) is 41.0 Å². The molecule has 0 aliphatic carbocycles. The fourth-order valence-corrected chi connectivity index (χ4v) is 3.62. The van der Waals surface area contributed by atoms with Crippen LogP contribution in [0.5, 0.6) is 5.75 Å². The molecular weight excluding hydrogens is 435 g/mol. The Morgan fingerprint density at radius 2 is 2.21 bits per heavy atom. The summed E-state index contributed by atoms with van der Waals surface area (Å²) in [7, 11) is 0. The highest BCUT2D eigenvalue weighted by Crippen LogP contribution is 2.28.